The lowest BCUT2D eigenvalue weighted by Gasteiger charge is -2.14. The lowest BCUT2D eigenvalue weighted by molar-refractivity contribution is 0.685. The van der Waals surface area contributed by atoms with Crippen molar-refractivity contribution in [2.75, 3.05) is 5.32 Å². The molecule has 1 heterocycles. The number of nitriles is 1. The Hall–Kier alpha value is -2.81. The van der Waals surface area contributed by atoms with E-state index in [-0.39, 0.29) is 11.4 Å². The molecule has 0 aliphatic heterocycles. The fraction of sp³-hybridized carbons (Fsp3) is 0.267. The second-order valence-corrected chi connectivity index (χ2v) is 4.82. The van der Waals surface area contributed by atoms with Crippen LogP contribution in [0.3, 0.4) is 0 Å². The zero-order valence-electron chi connectivity index (χ0n) is 12.2. The first-order valence-corrected chi connectivity index (χ1v) is 6.46. The smallest absolute Gasteiger partial charge is 0.332 e. The van der Waals surface area contributed by atoms with Gasteiger partial charge < -0.3 is 5.32 Å². The van der Waals surface area contributed by atoms with E-state index in [4.69, 9.17) is 0 Å². The summed E-state index contributed by atoms with van der Waals surface area (Å²) in [6, 6.07) is 9.65. The van der Waals surface area contributed by atoms with Crippen LogP contribution in [0.2, 0.25) is 0 Å². The molecule has 0 fully saturated rings. The van der Waals surface area contributed by atoms with Crippen molar-refractivity contribution in [3.63, 3.8) is 0 Å². The second-order valence-electron chi connectivity index (χ2n) is 4.82. The van der Waals surface area contributed by atoms with Crippen molar-refractivity contribution >= 4 is 5.82 Å². The molecule has 1 aromatic carbocycles. The van der Waals surface area contributed by atoms with E-state index in [2.05, 4.69) is 5.32 Å². The first-order chi connectivity index (χ1) is 9.97. The summed E-state index contributed by atoms with van der Waals surface area (Å²) >= 11 is 0. The van der Waals surface area contributed by atoms with Gasteiger partial charge in [0.2, 0.25) is 0 Å². The van der Waals surface area contributed by atoms with Crippen LogP contribution in [0.1, 0.15) is 16.7 Å². The number of hydrogen-bond donors (Lipinski definition) is 1. The fourth-order valence-corrected chi connectivity index (χ4v) is 2.14. The standard InChI is InChI=1S/C15H16N4O2/c1-10-6-4-5-7-11(10)9-17-13-12(8-16)14(20)19(3)15(21)18(13)2/h4-7,17H,9H2,1-3H3. The summed E-state index contributed by atoms with van der Waals surface area (Å²) in [7, 11) is 2.89. The Morgan fingerprint density at radius 1 is 1.19 bits per heavy atom. The van der Waals surface area contributed by atoms with Crippen LogP contribution in [0.5, 0.6) is 0 Å². The molecule has 108 valence electrons. The van der Waals surface area contributed by atoms with Gasteiger partial charge >= 0.3 is 5.69 Å². The van der Waals surface area contributed by atoms with Gasteiger partial charge in [-0.05, 0) is 18.1 Å². The van der Waals surface area contributed by atoms with E-state index in [0.717, 1.165) is 15.7 Å². The lowest BCUT2D eigenvalue weighted by Crippen LogP contribution is -2.39. The molecular weight excluding hydrogens is 268 g/mol. The quantitative estimate of drug-likeness (QED) is 0.907. The monoisotopic (exact) mass is 284 g/mol. The van der Waals surface area contributed by atoms with Crippen molar-refractivity contribution in [2.45, 2.75) is 13.5 Å². The molecule has 2 aromatic rings. The number of hydrogen-bond acceptors (Lipinski definition) is 4. The van der Waals surface area contributed by atoms with Gasteiger partial charge in [0.25, 0.3) is 5.56 Å². The number of nitrogens with one attached hydrogen (secondary N) is 1. The number of benzene rings is 1. The Labute approximate surface area is 121 Å². The predicted molar refractivity (Wildman–Crippen MR) is 80.1 cm³/mol. The highest BCUT2D eigenvalue weighted by Crippen LogP contribution is 2.12. The maximum atomic E-state index is 12.0. The van der Waals surface area contributed by atoms with E-state index in [1.54, 1.807) is 0 Å². The van der Waals surface area contributed by atoms with E-state index in [0.29, 0.717) is 6.54 Å². The van der Waals surface area contributed by atoms with Crippen molar-refractivity contribution in [2.24, 2.45) is 14.1 Å². The molecule has 0 unspecified atom stereocenters. The van der Waals surface area contributed by atoms with Gasteiger partial charge in [0, 0.05) is 20.6 Å². The molecule has 21 heavy (non-hydrogen) atoms. The summed E-state index contributed by atoms with van der Waals surface area (Å²) in [4.78, 5) is 23.9. The third kappa shape index (κ3) is 2.58. The number of anilines is 1. The van der Waals surface area contributed by atoms with E-state index >= 15 is 0 Å². The molecule has 0 radical (unpaired) electrons. The first-order valence-electron chi connectivity index (χ1n) is 6.46. The van der Waals surface area contributed by atoms with Crippen LogP contribution in [-0.2, 0) is 20.6 Å². The van der Waals surface area contributed by atoms with Crippen LogP contribution in [-0.4, -0.2) is 9.13 Å². The normalized spacial score (nSPS) is 10.2. The summed E-state index contributed by atoms with van der Waals surface area (Å²) in [5.41, 5.74) is 1.01. The van der Waals surface area contributed by atoms with E-state index in [1.165, 1.54) is 18.7 Å². The lowest BCUT2D eigenvalue weighted by atomic mass is 10.1. The average molecular weight is 284 g/mol. The molecule has 0 amide bonds. The molecule has 1 aromatic heterocycles. The maximum absolute atomic E-state index is 12.0. The van der Waals surface area contributed by atoms with Crippen LogP contribution in [0.4, 0.5) is 5.82 Å². The number of rotatable bonds is 3. The third-order valence-corrected chi connectivity index (χ3v) is 3.48. The molecular formula is C15H16N4O2. The minimum absolute atomic E-state index is 0.0619. The van der Waals surface area contributed by atoms with Gasteiger partial charge in [-0.1, -0.05) is 24.3 Å². The molecule has 0 aliphatic rings. The topological polar surface area (TPSA) is 79.8 Å². The van der Waals surface area contributed by atoms with Crippen LogP contribution in [0.15, 0.2) is 33.9 Å². The summed E-state index contributed by atoms with van der Waals surface area (Å²) < 4.78 is 2.20. The van der Waals surface area contributed by atoms with Crippen LogP contribution in [0.25, 0.3) is 0 Å². The van der Waals surface area contributed by atoms with Gasteiger partial charge in [0.15, 0.2) is 5.56 Å². The minimum Gasteiger partial charge on any atom is -0.366 e. The molecule has 0 saturated heterocycles. The van der Waals surface area contributed by atoms with Gasteiger partial charge in [-0.2, -0.15) is 5.26 Å². The van der Waals surface area contributed by atoms with Crippen molar-refractivity contribution in [1.82, 2.24) is 9.13 Å². The van der Waals surface area contributed by atoms with Crippen molar-refractivity contribution < 1.29 is 0 Å². The largest absolute Gasteiger partial charge is 0.366 e. The van der Waals surface area contributed by atoms with E-state index < -0.39 is 11.2 Å². The Balaban J connectivity index is 2.47. The second kappa shape index (κ2) is 5.67. The molecule has 6 heteroatoms. The molecule has 2 rings (SSSR count). The first kappa shape index (κ1) is 14.6. The molecule has 0 bridgehead atoms. The van der Waals surface area contributed by atoms with Gasteiger partial charge in [0.1, 0.15) is 11.9 Å². The van der Waals surface area contributed by atoms with E-state index in [9.17, 15) is 14.9 Å². The van der Waals surface area contributed by atoms with Gasteiger partial charge in [-0.3, -0.25) is 13.9 Å². The summed E-state index contributed by atoms with van der Waals surface area (Å²) in [5.74, 6) is 0.244. The van der Waals surface area contributed by atoms with Crippen molar-refractivity contribution in [3.8, 4) is 6.07 Å². The molecule has 0 spiro atoms. The molecule has 0 atom stereocenters. The fourth-order valence-electron chi connectivity index (χ4n) is 2.14. The zero-order valence-corrected chi connectivity index (χ0v) is 12.2. The Bertz CT molecular complexity index is 840. The molecule has 1 N–H and O–H groups in total. The highest BCUT2D eigenvalue weighted by Gasteiger charge is 2.15. The van der Waals surface area contributed by atoms with Crippen LogP contribution in [0, 0.1) is 18.3 Å². The SMILES string of the molecule is Cc1ccccc1CNc1c(C#N)c(=O)n(C)c(=O)n1C. The highest BCUT2D eigenvalue weighted by molar-refractivity contribution is 5.51. The molecule has 0 saturated carbocycles. The number of aryl methyl sites for hydroxylation is 1. The van der Waals surface area contributed by atoms with Crippen molar-refractivity contribution in [1.29, 1.82) is 5.26 Å². The molecule has 6 nitrogen and oxygen atoms in total. The van der Waals surface area contributed by atoms with Gasteiger partial charge in [-0.25, -0.2) is 4.79 Å². The maximum Gasteiger partial charge on any atom is 0.332 e. The summed E-state index contributed by atoms with van der Waals surface area (Å²) in [6.07, 6.45) is 0. The third-order valence-electron chi connectivity index (χ3n) is 3.48. The Kier molecular flexibility index (Phi) is 3.94. The average Bonchev–Trinajstić information content (AvgIpc) is 2.49. The number of aromatic nitrogens is 2. The highest BCUT2D eigenvalue weighted by atomic mass is 16.2. The summed E-state index contributed by atoms with van der Waals surface area (Å²) in [6.45, 7) is 2.41. The number of nitrogens with zero attached hydrogens (tertiary/aromatic N) is 3. The Morgan fingerprint density at radius 3 is 2.48 bits per heavy atom. The Morgan fingerprint density at radius 2 is 1.86 bits per heavy atom. The summed E-state index contributed by atoms with van der Waals surface area (Å²) in [5, 5.41) is 12.2. The van der Waals surface area contributed by atoms with Crippen LogP contribution >= 0.6 is 0 Å². The minimum atomic E-state index is -0.590. The van der Waals surface area contributed by atoms with E-state index in [1.807, 2.05) is 37.3 Å². The predicted octanol–water partition coefficient (Wildman–Crippen LogP) is 0.876. The van der Waals surface area contributed by atoms with Crippen LogP contribution < -0.4 is 16.6 Å². The van der Waals surface area contributed by atoms with Gasteiger partial charge in [0.05, 0.1) is 0 Å². The van der Waals surface area contributed by atoms with Crippen molar-refractivity contribution in [3.05, 3.63) is 61.8 Å². The molecule has 0 aliphatic carbocycles. The van der Waals surface area contributed by atoms with Gasteiger partial charge in [-0.15, -0.1) is 0 Å². The zero-order chi connectivity index (χ0) is 15.6.